The molecule has 0 radical (unpaired) electrons. The van der Waals surface area contributed by atoms with Crippen LogP contribution >= 0.6 is 15.9 Å². The first-order chi connectivity index (χ1) is 7.97. The van der Waals surface area contributed by atoms with Crippen molar-refractivity contribution in [2.24, 2.45) is 0 Å². The Morgan fingerprint density at radius 2 is 2.00 bits per heavy atom. The second-order valence-electron chi connectivity index (χ2n) is 4.01. The van der Waals surface area contributed by atoms with Crippen LogP contribution in [0.2, 0.25) is 0 Å². The van der Waals surface area contributed by atoms with Gasteiger partial charge in [0.25, 0.3) is 0 Å². The van der Waals surface area contributed by atoms with E-state index in [0.717, 1.165) is 29.3 Å². The van der Waals surface area contributed by atoms with Crippen LogP contribution in [-0.2, 0) is 10.0 Å². The fourth-order valence-corrected chi connectivity index (χ4v) is 3.38. The topological polar surface area (TPSA) is 46.2 Å². The van der Waals surface area contributed by atoms with Crippen LogP contribution in [0.5, 0.6) is 0 Å². The minimum Gasteiger partial charge on any atom is -0.211 e. The van der Waals surface area contributed by atoms with Crippen LogP contribution in [0, 0.1) is 6.92 Å². The monoisotopic (exact) mass is 319 g/mol. The van der Waals surface area contributed by atoms with Gasteiger partial charge in [-0.3, -0.25) is 0 Å². The molecule has 0 aromatic heterocycles. The first kappa shape index (κ1) is 14.7. The molecule has 17 heavy (non-hydrogen) atoms. The Morgan fingerprint density at radius 1 is 1.29 bits per heavy atom. The zero-order valence-electron chi connectivity index (χ0n) is 10.2. The summed E-state index contributed by atoms with van der Waals surface area (Å²) < 4.78 is 27.5. The molecule has 0 atom stereocenters. The lowest BCUT2D eigenvalue weighted by Crippen LogP contribution is -2.25. The van der Waals surface area contributed by atoms with E-state index in [4.69, 9.17) is 0 Å². The molecule has 3 nitrogen and oxygen atoms in total. The van der Waals surface area contributed by atoms with Crippen molar-refractivity contribution >= 4 is 26.0 Å². The number of nitrogens with one attached hydrogen (secondary N) is 1. The Kier molecular flexibility index (Phi) is 5.62. The van der Waals surface area contributed by atoms with Gasteiger partial charge in [-0.05, 0) is 31.0 Å². The van der Waals surface area contributed by atoms with E-state index in [0.29, 0.717) is 11.4 Å². The van der Waals surface area contributed by atoms with Gasteiger partial charge in [0.1, 0.15) is 0 Å². The number of halogens is 1. The van der Waals surface area contributed by atoms with Gasteiger partial charge in [-0.25, -0.2) is 13.1 Å². The van der Waals surface area contributed by atoms with Gasteiger partial charge in [0.05, 0.1) is 4.90 Å². The number of hydrogen-bond acceptors (Lipinski definition) is 2. The summed E-state index contributed by atoms with van der Waals surface area (Å²) in [5, 5.41) is 0. The minimum atomic E-state index is -3.37. The number of aryl methyl sites for hydroxylation is 1. The largest absolute Gasteiger partial charge is 0.240 e. The van der Waals surface area contributed by atoms with Crippen molar-refractivity contribution in [2.45, 2.75) is 38.0 Å². The van der Waals surface area contributed by atoms with E-state index >= 15 is 0 Å². The molecule has 0 aliphatic heterocycles. The van der Waals surface area contributed by atoms with Crippen LogP contribution in [0.3, 0.4) is 0 Å². The first-order valence-corrected chi connectivity index (χ1v) is 8.01. The Bertz CT molecular complexity index is 471. The lowest BCUT2D eigenvalue weighted by atomic mass is 10.2. The summed E-state index contributed by atoms with van der Waals surface area (Å²) in [4.78, 5) is 0.350. The van der Waals surface area contributed by atoms with E-state index in [1.807, 2.05) is 6.07 Å². The maximum Gasteiger partial charge on any atom is 0.240 e. The lowest BCUT2D eigenvalue weighted by molar-refractivity contribution is 0.575. The second-order valence-corrected chi connectivity index (χ2v) is 6.67. The van der Waals surface area contributed by atoms with Crippen molar-refractivity contribution in [3.05, 3.63) is 28.2 Å². The maximum atomic E-state index is 12.0. The molecule has 0 heterocycles. The Balaban J connectivity index is 2.79. The highest BCUT2D eigenvalue weighted by molar-refractivity contribution is 9.10. The summed E-state index contributed by atoms with van der Waals surface area (Å²) in [6, 6.07) is 5.27. The molecule has 0 spiro atoms. The van der Waals surface area contributed by atoms with Crippen molar-refractivity contribution < 1.29 is 8.42 Å². The molecule has 0 aliphatic carbocycles. The number of unbranched alkanes of at least 4 members (excludes halogenated alkanes) is 2. The predicted octanol–water partition coefficient (Wildman–Crippen LogP) is 3.23. The Hall–Kier alpha value is -0.390. The highest BCUT2D eigenvalue weighted by Gasteiger charge is 2.16. The molecule has 5 heteroatoms. The standard InChI is InChI=1S/C12H18BrNO2S/c1-3-4-5-8-14-17(15,16)12-9-11(13)7-6-10(12)2/h6-7,9,14H,3-5,8H2,1-2H3. The highest BCUT2D eigenvalue weighted by Crippen LogP contribution is 2.20. The van der Waals surface area contributed by atoms with Crippen LogP contribution in [0.4, 0.5) is 0 Å². The van der Waals surface area contributed by atoms with Crippen molar-refractivity contribution in [1.82, 2.24) is 4.72 Å². The molecule has 1 rings (SSSR count). The summed E-state index contributed by atoms with van der Waals surface area (Å²) in [7, 11) is -3.37. The number of benzene rings is 1. The first-order valence-electron chi connectivity index (χ1n) is 5.73. The maximum absolute atomic E-state index is 12.0. The number of hydrogen-bond donors (Lipinski definition) is 1. The molecule has 1 N–H and O–H groups in total. The summed E-state index contributed by atoms with van der Waals surface area (Å²) in [5.41, 5.74) is 0.760. The molecular weight excluding hydrogens is 302 g/mol. The molecule has 0 amide bonds. The highest BCUT2D eigenvalue weighted by atomic mass is 79.9. The van der Waals surface area contributed by atoms with Gasteiger partial charge in [0.2, 0.25) is 10.0 Å². The molecule has 0 bridgehead atoms. The molecule has 0 fully saturated rings. The van der Waals surface area contributed by atoms with E-state index in [-0.39, 0.29) is 0 Å². The van der Waals surface area contributed by atoms with E-state index in [1.54, 1.807) is 19.1 Å². The SMILES string of the molecule is CCCCCNS(=O)(=O)c1cc(Br)ccc1C. The molecule has 1 aromatic rings. The smallest absolute Gasteiger partial charge is 0.211 e. The summed E-state index contributed by atoms with van der Waals surface area (Å²) >= 11 is 3.29. The van der Waals surface area contributed by atoms with Crippen LogP contribution in [0.25, 0.3) is 0 Å². The third kappa shape index (κ3) is 4.41. The van der Waals surface area contributed by atoms with Crippen LogP contribution < -0.4 is 4.72 Å². The predicted molar refractivity (Wildman–Crippen MR) is 73.6 cm³/mol. The Labute approximate surface area is 112 Å². The zero-order chi connectivity index (χ0) is 12.9. The van der Waals surface area contributed by atoms with Gasteiger partial charge in [0.15, 0.2) is 0 Å². The molecule has 0 saturated carbocycles. The Morgan fingerprint density at radius 3 is 2.65 bits per heavy atom. The summed E-state index contributed by atoms with van der Waals surface area (Å²) in [6.07, 6.45) is 3.00. The van der Waals surface area contributed by atoms with Crippen LogP contribution in [0.1, 0.15) is 31.7 Å². The van der Waals surface area contributed by atoms with Crippen molar-refractivity contribution in [3.8, 4) is 0 Å². The van der Waals surface area contributed by atoms with E-state index in [1.165, 1.54) is 0 Å². The molecule has 1 aromatic carbocycles. The normalized spacial score (nSPS) is 11.7. The van der Waals surface area contributed by atoms with Gasteiger partial charge < -0.3 is 0 Å². The fourth-order valence-electron chi connectivity index (χ4n) is 1.52. The number of rotatable bonds is 6. The van der Waals surface area contributed by atoms with Crippen molar-refractivity contribution in [3.63, 3.8) is 0 Å². The molecule has 0 aliphatic rings. The van der Waals surface area contributed by atoms with Gasteiger partial charge in [-0.1, -0.05) is 41.8 Å². The summed E-state index contributed by atoms with van der Waals surface area (Å²) in [6.45, 7) is 4.39. The van der Waals surface area contributed by atoms with Gasteiger partial charge >= 0.3 is 0 Å². The quantitative estimate of drug-likeness (QED) is 0.818. The van der Waals surface area contributed by atoms with Gasteiger partial charge in [0, 0.05) is 11.0 Å². The molecular formula is C12H18BrNO2S. The average molecular weight is 320 g/mol. The third-order valence-corrected chi connectivity index (χ3v) is 4.61. The molecule has 96 valence electrons. The van der Waals surface area contributed by atoms with Crippen molar-refractivity contribution in [2.75, 3.05) is 6.54 Å². The zero-order valence-corrected chi connectivity index (χ0v) is 12.6. The number of sulfonamides is 1. The van der Waals surface area contributed by atoms with Crippen LogP contribution in [-0.4, -0.2) is 15.0 Å². The van der Waals surface area contributed by atoms with Gasteiger partial charge in [-0.15, -0.1) is 0 Å². The van der Waals surface area contributed by atoms with E-state index in [9.17, 15) is 8.42 Å². The van der Waals surface area contributed by atoms with E-state index in [2.05, 4.69) is 27.6 Å². The van der Waals surface area contributed by atoms with Crippen molar-refractivity contribution in [1.29, 1.82) is 0 Å². The average Bonchev–Trinajstić information content (AvgIpc) is 2.28. The lowest BCUT2D eigenvalue weighted by Gasteiger charge is -2.09. The summed E-state index contributed by atoms with van der Waals surface area (Å²) in [5.74, 6) is 0. The minimum absolute atomic E-state index is 0.350. The van der Waals surface area contributed by atoms with Gasteiger partial charge in [-0.2, -0.15) is 0 Å². The second kappa shape index (κ2) is 6.52. The fraction of sp³-hybridized carbons (Fsp3) is 0.500. The molecule has 0 saturated heterocycles. The van der Waals surface area contributed by atoms with E-state index < -0.39 is 10.0 Å². The third-order valence-electron chi connectivity index (χ3n) is 2.51. The van der Waals surface area contributed by atoms with Crippen LogP contribution in [0.15, 0.2) is 27.6 Å². The molecule has 0 unspecified atom stereocenters.